The molecule has 69 heavy (non-hydrogen) atoms. The zero-order chi connectivity index (χ0) is 46.4. The molecule has 0 radical (unpaired) electrons. The fraction of sp³-hybridized carbons (Fsp3) is 0.0882. The summed E-state index contributed by atoms with van der Waals surface area (Å²) in [4.78, 5) is 2.48. The molecule has 11 aromatic carbocycles. The Hall–Kier alpha value is -8.26. The molecule has 0 N–H and O–H groups in total. The van der Waals surface area contributed by atoms with Crippen molar-refractivity contribution in [2.45, 2.75) is 38.5 Å². The van der Waals surface area contributed by atoms with E-state index in [1.54, 1.807) is 0 Å². The molecule has 13 rings (SSSR count). The number of hydrogen-bond acceptors (Lipinski definition) is 1. The minimum Gasteiger partial charge on any atom is -0.310 e. The summed E-state index contributed by atoms with van der Waals surface area (Å²) in [5, 5.41) is 5.14. The lowest BCUT2D eigenvalue weighted by atomic mass is 9.81. The second-order valence-electron chi connectivity index (χ2n) is 20.1. The van der Waals surface area contributed by atoms with Crippen LogP contribution in [0.4, 0.5) is 17.1 Å². The number of anilines is 3. The van der Waals surface area contributed by atoms with Gasteiger partial charge in [-0.05, 0) is 165 Å². The molecule has 0 atom stereocenters. The Morgan fingerprint density at radius 1 is 0.246 bits per heavy atom. The second kappa shape index (κ2) is 15.7. The van der Waals surface area contributed by atoms with Crippen LogP contribution in [0, 0.1) is 0 Å². The molecular weight excluding hydrogens is 831 g/mol. The van der Waals surface area contributed by atoms with Crippen LogP contribution in [-0.2, 0) is 10.8 Å². The molecule has 0 unspecified atom stereocenters. The zero-order valence-corrected chi connectivity index (χ0v) is 39.5. The smallest absolute Gasteiger partial charge is 0.0465 e. The van der Waals surface area contributed by atoms with Crippen LogP contribution >= 0.6 is 0 Å². The summed E-state index contributed by atoms with van der Waals surface area (Å²) in [6, 6.07) is 88.0. The third-order valence-electron chi connectivity index (χ3n) is 15.5. The number of nitrogens with zero attached hydrogens (tertiary/aromatic N) is 1. The van der Waals surface area contributed by atoms with Crippen molar-refractivity contribution in [2.75, 3.05) is 4.90 Å². The fourth-order valence-electron chi connectivity index (χ4n) is 11.7. The molecule has 2 aliphatic rings. The Morgan fingerprint density at radius 3 is 1.16 bits per heavy atom. The summed E-state index contributed by atoms with van der Waals surface area (Å²) in [7, 11) is 0. The van der Waals surface area contributed by atoms with Crippen molar-refractivity contribution in [1.82, 2.24) is 0 Å². The highest BCUT2D eigenvalue weighted by Crippen LogP contribution is 2.54. The van der Waals surface area contributed by atoms with Gasteiger partial charge in [0, 0.05) is 27.9 Å². The lowest BCUT2D eigenvalue weighted by Crippen LogP contribution is -2.18. The van der Waals surface area contributed by atoms with Crippen molar-refractivity contribution >= 4 is 38.6 Å². The van der Waals surface area contributed by atoms with E-state index in [9.17, 15) is 0 Å². The van der Waals surface area contributed by atoms with Gasteiger partial charge < -0.3 is 4.90 Å². The molecule has 0 heterocycles. The molecule has 0 aromatic heterocycles. The number of hydrogen-bond donors (Lipinski definition) is 0. The van der Waals surface area contributed by atoms with Crippen LogP contribution in [-0.4, -0.2) is 0 Å². The Bertz CT molecular complexity index is 3800. The zero-order valence-electron chi connectivity index (χ0n) is 39.5. The topological polar surface area (TPSA) is 3.24 Å². The minimum atomic E-state index is -0.233. The molecule has 0 spiro atoms. The molecule has 11 aromatic rings. The van der Waals surface area contributed by atoms with Crippen LogP contribution in [0.1, 0.15) is 49.9 Å². The average Bonchev–Trinajstić information content (AvgIpc) is 3.77. The van der Waals surface area contributed by atoms with E-state index < -0.39 is 0 Å². The van der Waals surface area contributed by atoms with E-state index >= 15 is 0 Å². The van der Waals surface area contributed by atoms with Gasteiger partial charge >= 0.3 is 0 Å². The first-order chi connectivity index (χ1) is 33.7. The number of benzene rings is 11. The van der Waals surface area contributed by atoms with Crippen LogP contribution in [0.3, 0.4) is 0 Å². The summed E-state index contributed by atoms with van der Waals surface area (Å²) < 4.78 is 0. The average molecular weight is 882 g/mol. The van der Waals surface area contributed by atoms with Gasteiger partial charge in [-0.2, -0.15) is 0 Å². The van der Waals surface area contributed by atoms with Gasteiger partial charge in [0.2, 0.25) is 0 Å². The van der Waals surface area contributed by atoms with Gasteiger partial charge in [0.1, 0.15) is 0 Å². The minimum absolute atomic E-state index is 0.192. The van der Waals surface area contributed by atoms with Crippen molar-refractivity contribution in [3.8, 4) is 66.8 Å². The maximum atomic E-state index is 2.48. The molecular formula is C68H51N. The predicted molar refractivity (Wildman–Crippen MR) is 293 cm³/mol. The molecule has 1 heteroatoms. The van der Waals surface area contributed by atoms with Gasteiger partial charge in [-0.15, -0.1) is 0 Å². The third kappa shape index (κ3) is 6.60. The summed E-state index contributed by atoms with van der Waals surface area (Å²) in [6.07, 6.45) is 0. The molecule has 0 bridgehead atoms. The van der Waals surface area contributed by atoms with E-state index in [0.29, 0.717) is 0 Å². The van der Waals surface area contributed by atoms with Gasteiger partial charge in [-0.25, -0.2) is 0 Å². The molecule has 0 fully saturated rings. The second-order valence-corrected chi connectivity index (χ2v) is 20.1. The summed E-state index contributed by atoms with van der Waals surface area (Å²) in [5.74, 6) is 0. The largest absolute Gasteiger partial charge is 0.310 e. The molecule has 328 valence electrons. The first-order valence-electron chi connectivity index (χ1n) is 24.3. The van der Waals surface area contributed by atoms with Crippen LogP contribution in [0.2, 0.25) is 0 Å². The molecule has 0 aliphatic heterocycles. The highest BCUT2D eigenvalue weighted by Gasteiger charge is 2.38. The van der Waals surface area contributed by atoms with Gasteiger partial charge in [0.15, 0.2) is 0 Å². The third-order valence-corrected chi connectivity index (χ3v) is 15.5. The monoisotopic (exact) mass is 881 g/mol. The highest BCUT2D eigenvalue weighted by molar-refractivity contribution is 6.14. The normalized spacial score (nSPS) is 13.7. The van der Waals surface area contributed by atoms with E-state index in [1.165, 1.54) is 111 Å². The van der Waals surface area contributed by atoms with Gasteiger partial charge in [-0.3, -0.25) is 0 Å². The van der Waals surface area contributed by atoms with Crippen molar-refractivity contribution < 1.29 is 0 Å². The van der Waals surface area contributed by atoms with Crippen molar-refractivity contribution in [2.24, 2.45) is 0 Å². The van der Waals surface area contributed by atoms with E-state index in [0.717, 1.165) is 17.1 Å². The Balaban J connectivity index is 0.911. The van der Waals surface area contributed by atoms with Crippen LogP contribution in [0.5, 0.6) is 0 Å². The first-order valence-corrected chi connectivity index (χ1v) is 24.3. The molecule has 0 saturated carbocycles. The maximum Gasteiger partial charge on any atom is 0.0465 e. The van der Waals surface area contributed by atoms with Crippen molar-refractivity contribution in [3.05, 3.63) is 259 Å². The van der Waals surface area contributed by atoms with Gasteiger partial charge in [-0.1, -0.05) is 210 Å². The predicted octanol–water partition coefficient (Wildman–Crippen LogP) is 18.7. The first kappa shape index (κ1) is 41.0. The fourth-order valence-corrected chi connectivity index (χ4v) is 11.7. The Labute approximate surface area is 405 Å². The van der Waals surface area contributed by atoms with Crippen LogP contribution in [0.25, 0.3) is 88.3 Å². The lowest BCUT2D eigenvalue weighted by Gasteiger charge is -2.30. The quantitative estimate of drug-likeness (QED) is 0.144. The van der Waals surface area contributed by atoms with E-state index in [4.69, 9.17) is 0 Å². The summed E-state index contributed by atoms with van der Waals surface area (Å²) in [5.41, 5.74) is 23.6. The van der Waals surface area contributed by atoms with Crippen molar-refractivity contribution in [3.63, 3.8) is 0 Å². The summed E-state index contributed by atoms with van der Waals surface area (Å²) >= 11 is 0. The van der Waals surface area contributed by atoms with Crippen LogP contribution in [0.15, 0.2) is 237 Å². The summed E-state index contributed by atoms with van der Waals surface area (Å²) in [6.45, 7) is 9.60. The van der Waals surface area contributed by atoms with E-state index in [-0.39, 0.29) is 10.8 Å². The molecule has 0 saturated heterocycles. The van der Waals surface area contributed by atoms with Crippen LogP contribution < -0.4 is 4.90 Å². The standard InChI is InChI=1S/C68H51N/c1-67(2)63-40-49(45-17-9-6-10-18-45)29-35-58(63)60-37-33-53(42-65(60)67)69(52-31-27-48(28-32-52)47-25-23-46(24-26-47)44-15-7-5-8-16-44)54-34-38-61-59-36-30-51(41-64(59)68(3,4)66(61)43-54)62-39-50-19-11-12-20-55(50)56-21-13-14-22-57(56)62/h5-43H,1-4H3. The number of rotatable bonds is 7. The maximum absolute atomic E-state index is 2.48. The molecule has 2 aliphatic carbocycles. The highest BCUT2D eigenvalue weighted by atomic mass is 15.1. The SMILES string of the molecule is CC1(C)c2cc(-c3ccccc3)ccc2-c2ccc(N(c3ccc(-c4ccc(-c5ccccc5)cc4)cc3)c3ccc4c(c3)C(C)(C)c3cc(-c5cc6ccccc6c6ccccc56)ccc3-4)cc21. The van der Waals surface area contributed by atoms with E-state index in [2.05, 4.69) is 269 Å². The Kier molecular flexibility index (Phi) is 9.30. The molecule has 0 amide bonds. The Morgan fingerprint density at radius 2 is 0.609 bits per heavy atom. The van der Waals surface area contributed by atoms with Crippen molar-refractivity contribution in [1.29, 1.82) is 0 Å². The lowest BCUT2D eigenvalue weighted by molar-refractivity contribution is 0.660. The molecule has 1 nitrogen and oxygen atoms in total. The van der Waals surface area contributed by atoms with E-state index in [1.807, 2.05) is 0 Å². The number of fused-ring (bicyclic) bond motifs is 9. The van der Waals surface area contributed by atoms with Gasteiger partial charge in [0.25, 0.3) is 0 Å². The van der Waals surface area contributed by atoms with Gasteiger partial charge in [0.05, 0.1) is 0 Å².